The van der Waals surface area contributed by atoms with Crippen LogP contribution in [0.4, 0.5) is 4.39 Å². The van der Waals surface area contributed by atoms with Gasteiger partial charge in [-0.05, 0) is 48.2 Å². The lowest BCUT2D eigenvalue weighted by Crippen LogP contribution is -1.99. The Bertz CT molecular complexity index is 601. The summed E-state index contributed by atoms with van der Waals surface area (Å²) in [5, 5.41) is 9.26. The van der Waals surface area contributed by atoms with Crippen LogP contribution in [0.1, 0.15) is 23.5 Å². The molecule has 0 amide bonds. The first-order chi connectivity index (χ1) is 9.72. The molecule has 20 heavy (non-hydrogen) atoms. The Morgan fingerprint density at radius 3 is 2.60 bits per heavy atom. The van der Waals surface area contributed by atoms with E-state index in [1.807, 2.05) is 24.3 Å². The fourth-order valence-electron chi connectivity index (χ4n) is 2.14. The van der Waals surface area contributed by atoms with E-state index in [0.29, 0.717) is 6.42 Å². The van der Waals surface area contributed by atoms with Crippen molar-refractivity contribution in [2.75, 3.05) is 7.11 Å². The van der Waals surface area contributed by atoms with Crippen molar-refractivity contribution < 1.29 is 9.13 Å². The van der Waals surface area contributed by atoms with Crippen LogP contribution in [0.2, 0.25) is 0 Å². The molecule has 2 rings (SSSR count). The van der Waals surface area contributed by atoms with Gasteiger partial charge in [-0.2, -0.15) is 5.26 Å². The van der Waals surface area contributed by atoms with Gasteiger partial charge in [-0.15, -0.1) is 0 Å². The monoisotopic (exact) mass is 269 g/mol. The van der Waals surface area contributed by atoms with Crippen LogP contribution in [-0.2, 0) is 6.42 Å². The average molecular weight is 269 g/mol. The van der Waals surface area contributed by atoms with Crippen LogP contribution < -0.4 is 4.74 Å². The zero-order chi connectivity index (χ0) is 14.4. The van der Waals surface area contributed by atoms with Gasteiger partial charge in [0.25, 0.3) is 0 Å². The molecule has 0 aliphatic rings. The second kappa shape index (κ2) is 6.72. The highest BCUT2D eigenvalue weighted by Gasteiger charge is 2.11. The van der Waals surface area contributed by atoms with Crippen LogP contribution in [0.3, 0.4) is 0 Å². The highest BCUT2D eigenvalue weighted by Crippen LogP contribution is 2.22. The fraction of sp³-hybridized carbons (Fsp3) is 0.235. The minimum atomic E-state index is -0.279. The first-order valence-electron chi connectivity index (χ1n) is 6.51. The smallest absolute Gasteiger partial charge is 0.123 e. The summed E-state index contributed by atoms with van der Waals surface area (Å²) in [7, 11) is 1.63. The average Bonchev–Trinajstić information content (AvgIpc) is 2.50. The molecule has 0 radical (unpaired) electrons. The topological polar surface area (TPSA) is 33.0 Å². The second-order valence-corrected chi connectivity index (χ2v) is 4.62. The van der Waals surface area contributed by atoms with E-state index in [9.17, 15) is 9.65 Å². The molecule has 0 N–H and O–H groups in total. The number of aryl methyl sites for hydroxylation is 1. The summed E-state index contributed by atoms with van der Waals surface area (Å²) in [6.07, 6.45) is 1.49. The number of ether oxygens (including phenoxy) is 1. The SMILES string of the molecule is COc1cccc(CCC(C#N)c2ccc(F)cc2)c1. The summed E-state index contributed by atoms with van der Waals surface area (Å²) in [6, 6.07) is 16.2. The third-order valence-electron chi connectivity index (χ3n) is 3.28. The highest BCUT2D eigenvalue weighted by atomic mass is 19.1. The van der Waals surface area contributed by atoms with E-state index in [1.165, 1.54) is 12.1 Å². The van der Waals surface area contributed by atoms with E-state index in [1.54, 1.807) is 19.2 Å². The van der Waals surface area contributed by atoms with E-state index in [0.717, 1.165) is 23.3 Å². The Labute approximate surface area is 118 Å². The summed E-state index contributed by atoms with van der Waals surface area (Å²) in [5.74, 6) is 0.317. The van der Waals surface area contributed by atoms with E-state index in [-0.39, 0.29) is 11.7 Å². The van der Waals surface area contributed by atoms with Gasteiger partial charge in [-0.1, -0.05) is 24.3 Å². The molecule has 0 heterocycles. The number of hydrogen-bond donors (Lipinski definition) is 0. The van der Waals surface area contributed by atoms with Crippen molar-refractivity contribution in [3.63, 3.8) is 0 Å². The molecule has 0 aliphatic carbocycles. The largest absolute Gasteiger partial charge is 0.497 e. The molecule has 1 unspecified atom stereocenters. The molecule has 0 aliphatic heterocycles. The Kier molecular flexibility index (Phi) is 4.73. The van der Waals surface area contributed by atoms with Crippen molar-refractivity contribution in [3.05, 3.63) is 65.5 Å². The standard InChI is InChI=1S/C17H16FNO/c1-20-17-4-2-3-13(11-17)5-6-15(12-19)14-7-9-16(18)10-8-14/h2-4,7-11,15H,5-6H2,1H3. The molecular weight excluding hydrogens is 253 g/mol. The van der Waals surface area contributed by atoms with Crippen molar-refractivity contribution in [2.24, 2.45) is 0 Å². The molecule has 2 nitrogen and oxygen atoms in total. The van der Waals surface area contributed by atoms with Gasteiger partial charge >= 0.3 is 0 Å². The third kappa shape index (κ3) is 3.58. The second-order valence-electron chi connectivity index (χ2n) is 4.62. The van der Waals surface area contributed by atoms with Crippen molar-refractivity contribution in [1.29, 1.82) is 5.26 Å². The van der Waals surface area contributed by atoms with Crippen LogP contribution in [0.15, 0.2) is 48.5 Å². The van der Waals surface area contributed by atoms with E-state index >= 15 is 0 Å². The first-order valence-corrected chi connectivity index (χ1v) is 6.51. The lowest BCUT2D eigenvalue weighted by atomic mass is 9.93. The summed E-state index contributed by atoms with van der Waals surface area (Å²) >= 11 is 0. The zero-order valence-corrected chi connectivity index (χ0v) is 11.3. The molecule has 3 heteroatoms. The van der Waals surface area contributed by atoms with Gasteiger partial charge < -0.3 is 4.74 Å². The number of hydrogen-bond acceptors (Lipinski definition) is 2. The van der Waals surface area contributed by atoms with E-state index in [2.05, 4.69) is 6.07 Å². The summed E-state index contributed by atoms with van der Waals surface area (Å²) < 4.78 is 18.1. The number of benzene rings is 2. The third-order valence-corrected chi connectivity index (χ3v) is 3.28. The van der Waals surface area contributed by atoms with Gasteiger partial charge in [0, 0.05) is 0 Å². The van der Waals surface area contributed by atoms with Gasteiger partial charge in [0.1, 0.15) is 11.6 Å². The molecule has 0 saturated heterocycles. The number of methoxy groups -OCH3 is 1. The Balaban J connectivity index is 2.04. The molecule has 1 atom stereocenters. The van der Waals surface area contributed by atoms with Crippen LogP contribution in [0.5, 0.6) is 5.75 Å². The van der Waals surface area contributed by atoms with Crippen molar-refractivity contribution in [1.82, 2.24) is 0 Å². The number of rotatable bonds is 5. The minimum Gasteiger partial charge on any atom is -0.497 e. The van der Waals surface area contributed by atoms with Crippen LogP contribution in [-0.4, -0.2) is 7.11 Å². The van der Waals surface area contributed by atoms with Crippen molar-refractivity contribution >= 4 is 0 Å². The van der Waals surface area contributed by atoms with Crippen LogP contribution >= 0.6 is 0 Å². The van der Waals surface area contributed by atoms with Gasteiger partial charge in [-0.3, -0.25) is 0 Å². The maximum absolute atomic E-state index is 12.9. The normalized spacial score (nSPS) is 11.7. The minimum absolute atomic E-state index is 0.221. The Hall–Kier alpha value is -2.34. The molecule has 0 fully saturated rings. The Morgan fingerprint density at radius 2 is 1.95 bits per heavy atom. The molecule has 0 aromatic heterocycles. The highest BCUT2D eigenvalue weighted by molar-refractivity contribution is 5.30. The summed E-state index contributed by atoms with van der Waals surface area (Å²) in [6.45, 7) is 0. The van der Waals surface area contributed by atoms with Gasteiger partial charge in [0.15, 0.2) is 0 Å². The maximum Gasteiger partial charge on any atom is 0.123 e. The lowest BCUT2D eigenvalue weighted by molar-refractivity contribution is 0.414. The molecule has 2 aromatic carbocycles. The van der Waals surface area contributed by atoms with Crippen molar-refractivity contribution in [2.45, 2.75) is 18.8 Å². The number of nitrogens with zero attached hydrogens (tertiary/aromatic N) is 1. The van der Waals surface area contributed by atoms with Crippen molar-refractivity contribution in [3.8, 4) is 11.8 Å². The predicted octanol–water partition coefficient (Wildman–Crippen LogP) is 4.07. The van der Waals surface area contributed by atoms with Gasteiger partial charge in [-0.25, -0.2) is 4.39 Å². The zero-order valence-electron chi connectivity index (χ0n) is 11.3. The van der Waals surface area contributed by atoms with E-state index < -0.39 is 0 Å². The molecular formula is C17H16FNO. The fourth-order valence-corrected chi connectivity index (χ4v) is 2.14. The first kappa shape index (κ1) is 14.1. The number of halogens is 1. The van der Waals surface area contributed by atoms with Crippen LogP contribution in [0, 0.1) is 17.1 Å². The quantitative estimate of drug-likeness (QED) is 0.819. The molecule has 2 aromatic rings. The maximum atomic E-state index is 12.9. The predicted molar refractivity (Wildman–Crippen MR) is 76.1 cm³/mol. The number of nitriles is 1. The van der Waals surface area contributed by atoms with Gasteiger partial charge in [0.2, 0.25) is 0 Å². The molecule has 0 bridgehead atoms. The molecule has 0 saturated carbocycles. The van der Waals surface area contributed by atoms with Gasteiger partial charge in [0.05, 0.1) is 19.1 Å². The Morgan fingerprint density at radius 1 is 1.20 bits per heavy atom. The summed E-state index contributed by atoms with van der Waals surface area (Å²) in [5.41, 5.74) is 1.99. The summed E-state index contributed by atoms with van der Waals surface area (Å²) in [4.78, 5) is 0. The van der Waals surface area contributed by atoms with Crippen LogP contribution in [0.25, 0.3) is 0 Å². The molecule has 0 spiro atoms. The lowest BCUT2D eigenvalue weighted by Gasteiger charge is -2.10. The van der Waals surface area contributed by atoms with E-state index in [4.69, 9.17) is 4.74 Å². The molecule has 102 valence electrons.